The third-order valence-corrected chi connectivity index (χ3v) is 3.87. The summed E-state index contributed by atoms with van der Waals surface area (Å²) in [5, 5.41) is 0.948. The fourth-order valence-corrected chi connectivity index (χ4v) is 2.23. The lowest BCUT2D eigenvalue weighted by molar-refractivity contribution is -0.151. The number of esters is 1. The first kappa shape index (κ1) is 18.4. The van der Waals surface area contributed by atoms with Gasteiger partial charge in [0.25, 0.3) is 0 Å². The summed E-state index contributed by atoms with van der Waals surface area (Å²) in [6.07, 6.45) is 3.44. The van der Waals surface area contributed by atoms with Crippen molar-refractivity contribution in [2.24, 2.45) is 0 Å². The van der Waals surface area contributed by atoms with E-state index in [9.17, 15) is 4.79 Å². The highest BCUT2D eigenvalue weighted by molar-refractivity contribution is 6.43. The maximum Gasteiger partial charge on any atom is 0.347 e. The number of benzene rings is 1. The molecule has 21 heavy (non-hydrogen) atoms. The summed E-state index contributed by atoms with van der Waals surface area (Å²) < 4.78 is 10.6. The van der Waals surface area contributed by atoms with Crippen LogP contribution in [-0.2, 0) is 9.53 Å². The molecule has 118 valence electrons. The maximum atomic E-state index is 11.8. The van der Waals surface area contributed by atoms with Crippen molar-refractivity contribution in [3.8, 4) is 5.75 Å². The number of ether oxygens (including phenoxy) is 2. The van der Waals surface area contributed by atoms with Crippen LogP contribution in [0.2, 0.25) is 15.1 Å². The minimum Gasteiger partial charge on any atom is -0.477 e. The third kappa shape index (κ3) is 6.33. The van der Waals surface area contributed by atoms with E-state index < -0.39 is 12.1 Å². The first-order valence-corrected chi connectivity index (χ1v) is 8.07. The summed E-state index contributed by atoms with van der Waals surface area (Å²) >= 11 is 17.7. The van der Waals surface area contributed by atoms with Crippen molar-refractivity contribution in [3.63, 3.8) is 0 Å². The normalized spacial score (nSPS) is 12.0. The topological polar surface area (TPSA) is 35.5 Å². The Morgan fingerprint density at radius 1 is 1.10 bits per heavy atom. The van der Waals surface area contributed by atoms with E-state index in [4.69, 9.17) is 44.3 Å². The smallest absolute Gasteiger partial charge is 0.347 e. The number of hydrogen-bond acceptors (Lipinski definition) is 3. The predicted octanol–water partition coefficient (Wildman–Crippen LogP) is 5.54. The highest BCUT2D eigenvalue weighted by Gasteiger charge is 2.18. The van der Waals surface area contributed by atoms with Crippen LogP contribution in [0.15, 0.2) is 12.1 Å². The van der Waals surface area contributed by atoms with Crippen molar-refractivity contribution in [2.75, 3.05) is 6.61 Å². The zero-order valence-electron chi connectivity index (χ0n) is 12.1. The molecule has 0 heterocycles. The first-order valence-electron chi connectivity index (χ1n) is 6.93. The van der Waals surface area contributed by atoms with Crippen molar-refractivity contribution >= 4 is 40.8 Å². The molecule has 3 nitrogen and oxygen atoms in total. The van der Waals surface area contributed by atoms with Gasteiger partial charge in [0.15, 0.2) is 6.10 Å². The van der Waals surface area contributed by atoms with Crippen molar-refractivity contribution in [1.82, 2.24) is 0 Å². The number of hydrogen-bond donors (Lipinski definition) is 0. The Bertz CT molecular complexity index is 477. The lowest BCUT2D eigenvalue weighted by atomic mass is 10.2. The van der Waals surface area contributed by atoms with E-state index in [-0.39, 0.29) is 0 Å². The zero-order chi connectivity index (χ0) is 15.8. The Hall–Kier alpha value is -0.640. The summed E-state index contributed by atoms with van der Waals surface area (Å²) in [7, 11) is 0. The van der Waals surface area contributed by atoms with E-state index in [1.165, 1.54) is 12.1 Å². The molecule has 0 N–H and O–H groups in total. The highest BCUT2D eigenvalue weighted by Crippen LogP contribution is 2.34. The molecule has 1 atom stereocenters. The van der Waals surface area contributed by atoms with Gasteiger partial charge in [0.1, 0.15) is 5.75 Å². The maximum absolute atomic E-state index is 11.8. The Labute approximate surface area is 140 Å². The van der Waals surface area contributed by atoms with Gasteiger partial charge in [0.05, 0.1) is 21.7 Å². The summed E-state index contributed by atoms with van der Waals surface area (Å²) in [4.78, 5) is 11.8. The molecule has 0 amide bonds. The molecule has 1 aromatic carbocycles. The summed E-state index contributed by atoms with van der Waals surface area (Å²) in [6, 6.07) is 2.96. The van der Waals surface area contributed by atoms with Gasteiger partial charge in [-0.3, -0.25) is 0 Å². The van der Waals surface area contributed by atoms with E-state index in [0.717, 1.165) is 25.7 Å². The average molecular weight is 354 g/mol. The number of halogens is 3. The number of unbranched alkanes of at least 4 members (excludes halogenated alkanes) is 3. The monoisotopic (exact) mass is 352 g/mol. The Balaban J connectivity index is 2.47. The number of carbonyl (C=O) groups is 1. The van der Waals surface area contributed by atoms with Crippen molar-refractivity contribution in [3.05, 3.63) is 27.2 Å². The van der Waals surface area contributed by atoms with E-state index in [0.29, 0.717) is 27.4 Å². The van der Waals surface area contributed by atoms with Crippen molar-refractivity contribution in [1.29, 1.82) is 0 Å². The molecule has 0 aliphatic heterocycles. The molecule has 6 heteroatoms. The predicted molar refractivity (Wildman–Crippen MR) is 86.7 cm³/mol. The van der Waals surface area contributed by atoms with Crippen LogP contribution in [0.1, 0.15) is 39.5 Å². The van der Waals surface area contributed by atoms with Gasteiger partial charge >= 0.3 is 5.97 Å². The van der Waals surface area contributed by atoms with E-state index in [1.54, 1.807) is 6.92 Å². The van der Waals surface area contributed by atoms with Gasteiger partial charge in [-0.15, -0.1) is 0 Å². The molecule has 0 aliphatic rings. The van der Waals surface area contributed by atoms with Gasteiger partial charge in [-0.2, -0.15) is 0 Å². The van der Waals surface area contributed by atoms with Crippen LogP contribution < -0.4 is 4.74 Å². The molecule has 0 saturated heterocycles. The molecule has 1 aromatic rings. The Kier molecular flexibility index (Phi) is 8.23. The second kappa shape index (κ2) is 9.39. The van der Waals surface area contributed by atoms with Crippen LogP contribution in [-0.4, -0.2) is 18.7 Å². The molecule has 0 aromatic heterocycles. The second-order valence-electron chi connectivity index (χ2n) is 4.68. The van der Waals surface area contributed by atoms with Gasteiger partial charge in [-0.05, 0) is 19.4 Å². The van der Waals surface area contributed by atoms with Gasteiger partial charge in [-0.1, -0.05) is 61.0 Å². The quantitative estimate of drug-likeness (QED) is 0.350. The van der Waals surface area contributed by atoms with Gasteiger partial charge in [0.2, 0.25) is 0 Å². The molecule has 1 unspecified atom stereocenters. The largest absolute Gasteiger partial charge is 0.477 e. The van der Waals surface area contributed by atoms with Crippen LogP contribution in [0.25, 0.3) is 0 Å². The lowest BCUT2D eigenvalue weighted by Gasteiger charge is -2.15. The Morgan fingerprint density at radius 3 is 2.43 bits per heavy atom. The molecule has 0 fully saturated rings. The van der Waals surface area contributed by atoms with Crippen LogP contribution in [0.4, 0.5) is 0 Å². The van der Waals surface area contributed by atoms with E-state index >= 15 is 0 Å². The fourth-order valence-electron chi connectivity index (χ4n) is 1.65. The highest BCUT2D eigenvalue weighted by atomic mass is 35.5. The first-order chi connectivity index (χ1) is 9.95. The molecule has 0 bridgehead atoms. The molecular formula is C15H19Cl3O3. The second-order valence-corrected chi connectivity index (χ2v) is 5.91. The fraction of sp³-hybridized carbons (Fsp3) is 0.533. The lowest BCUT2D eigenvalue weighted by Crippen LogP contribution is -2.26. The van der Waals surface area contributed by atoms with Gasteiger partial charge in [-0.25, -0.2) is 4.79 Å². The average Bonchev–Trinajstić information content (AvgIpc) is 2.44. The van der Waals surface area contributed by atoms with E-state index in [2.05, 4.69) is 6.92 Å². The summed E-state index contributed by atoms with van der Waals surface area (Å²) in [5.74, 6) is -0.116. The molecule has 0 saturated carbocycles. The molecule has 0 aliphatic carbocycles. The third-order valence-electron chi connectivity index (χ3n) is 2.85. The SMILES string of the molecule is CCCCCCOC(=O)C(C)Oc1cc(Cl)c(Cl)cc1Cl. The van der Waals surface area contributed by atoms with Crippen LogP contribution >= 0.6 is 34.8 Å². The van der Waals surface area contributed by atoms with Crippen molar-refractivity contribution in [2.45, 2.75) is 45.6 Å². The molecule has 0 spiro atoms. The van der Waals surface area contributed by atoms with Crippen LogP contribution in [0, 0.1) is 0 Å². The Morgan fingerprint density at radius 2 is 1.76 bits per heavy atom. The van der Waals surface area contributed by atoms with E-state index in [1.807, 2.05) is 0 Å². The summed E-state index contributed by atoms with van der Waals surface area (Å²) in [5.41, 5.74) is 0. The summed E-state index contributed by atoms with van der Waals surface area (Å²) in [6.45, 7) is 4.14. The van der Waals surface area contributed by atoms with Crippen LogP contribution in [0.5, 0.6) is 5.75 Å². The minimum absolute atomic E-state index is 0.298. The number of rotatable bonds is 8. The van der Waals surface area contributed by atoms with Crippen molar-refractivity contribution < 1.29 is 14.3 Å². The zero-order valence-corrected chi connectivity index (χ0v) is 14.4. The van der Waals surface area contributed by atoms with Crippen LogP contribution in [0.3, 0.4) is 0 Å². The van der Waals surface area contributed by atoms with Gasteiger partial charge < -0.3 is 9.47 Å². The standard InChI is InChI=1S/C15H19Cl3O3/c1-3-4-5-6-7-20-15(19)10(2)21-14-9-12(17)11(16)8-13(14)18/h8-10H,3-7H2,1-2H3. The minimum atomic E-state index is -0.758. The molecular weight excluding hydrogens is 335 g/mol. The molecule has 0 radical (unpaired) electrons. The van der Waals surface area contributed by atoms with Gasteiger partial charge in [0, 0.05) is 6.07 Å². The number of carbonyl (C=O) groups excluding carboxylic acids is 1. The molecule has 1 rings (SSSR count).